The van der Waals surface area contributed by atoms with Gasteiger partial charge in [-0.3, -0.25) is 18.8 Å². The Balaban J connectivity index is 1.45. The van der Waals surface area contributed by atoms with Gasteiger partial charge in [0.25, 0.3) is 11.5 Å². The molecular formula is C27H22N10O2. The third-order valence-corrected chi connectivity index (χ3v) is 6.14. The van der Waals surface area contributed by atoms with Gasteiger partial charge in [0.2, 0.25) is 0 Å². The molecule has 0 spiro atoms. The fourth-order valence-electron chi connectivity index (χ4n) is 4.36. The molecule has 192 valence electrons. The van der Waals surface area contributed by atoms with Crippen LogP contribution in [0.3, 0.4) is 0 Å². The van der Waals surface area contributed by atoms with Crippen molar-refractivity contribution in [2.75, 3.05) is 5.73 Å². The molecule has 0 radical (unpaired) electrons. The fraction of sp³-hybridized carbons (Fsp3) is 0.111. The first kappa shape index (κ1) is 23.7. The van der Waals surface area contributed by atoms with E-state index in [1.807, 2.05) is 25.2 Å². The molecule has 0 unspecified atom stereocenters. The first-order valence-corrected chi connectivity index (χ1v) is 12.0. The Bertz CT molecular complexity index is 1990. The maximum Gasteiger partial charge on any atom is 0.283 e. The number of aromatic nitrogens is 8. The molecule has 1 atom stereocenters. The Morgan fingerprint density at radius 2 is 1.90 bits per heavy atom. The minimum Gasteiger partial charge on any atom is -0.382 e. The lowest BCUT2D eigenvalue weighted by atomic mass is 10.2. The van der Waals surface area contributed by atoms with Crippen molar-refractivity contribution in [2.24, 2.45) is 7.05 Å². The molecule has 0 fully saturated rings. The van der Waals surface area contributed by atoms with Crippen LogP contribution < -0.4 is 16.6 Å². The van der Waals surface area contributed by atoms with Crippen LogP contribution in [0.4, 0.5) is 5.82 Å². The number of imidazole rings is 1. The third kappa shape index (κ3) is 4.17. The molecule has 5 aromatic heterocycles. The fourth-order valence-corrected chi connectivity index (χ4v) is 4.36. The predicted molar refractivity (Wildman–Crippen MR) is 143 cm³/mol. The molecular weight excluding hydrogens is 496 g/mol. The number of rotatable bonds is 4. The summed E-state index contributed by atoms with van der Waals surface area (Å²) in [6.07, 6.45) is 6.65. The summed E-state index contributed by atoms with van der Waals surface area (Å²) in [5, 5.41) is 15.9. The summed E-state index contributed by atoms with van der Waals surface area (Å²) in [7, 11) is 1.81. The van der Waals surface area contributed by atoms with Crippen LogP contribution in [0, 0.1) is 11.8 Å². The Kier molecular flexibility index (Phi) is 5.65. The van der Waals surface area contributed by atoms with E-state index in [1.54, 1.807) is 60.5 Å². The first-order valence-electron chi connectivity index (χ1n) is 12.0. The van der Waals surface area contributed by atoms with Gasteiger partial charge in [-0.05, 0) is 37.3 Å². The molecule has 12 heteroatoms. The summed E-state index contributed by atoms with van der Waals surface area (Å²) in [5.74, 6) is 5.96. The maximum absolute atomic E-state index is 14.0. The second-order valence-corrected chi connectivity index (χ2v) is 8.84. The number of fused-ring (bicyclic) bond motifs is 2. The predicted octanol–water partition coefficient (Wildman–Crippen LogP) is 1.73. The van der Waals surface area contributed by atoms with Crippen LogP contribution in [-0.4, -0.2) is 44.5 Å². The summed E-state index contributed by atoms with van der Waals surface area (Å²) in [6, 6.07) is 13.5. The highest BCUT2D eigenvalue weighted by Gasteiger charge is 2.25. The molecule has 0 saturated carbocycles. The standard InChI is InChI=1S/C27H22N10O2/c1-17(31-26(38)23-24(28)32-21-9-6-13-29-37(21)23)25-33-35-14-12-19(11-10-18-15-30-34(2)16-18)22(35)27(39)36(25)20-7-4-3-5-8-20/h3-9,12-17H,28H2,1-2H3,(H,31,38)/t17-/m1/s1. The van der Waals surface area contributed by atoms with Crippen LogP contribution in [-0.2, 0) is 7.05 Å². The van der Waals surface area contributed by atoms with Gasteiger partial charge < -0.3 is 11.1 Å². The van der Waals surface area contributed by atoms with Crippen LogP contribution in [0.25, 0.3) is 16.9 Å². The number of nitrogens with two attached hydrogens (primary N) is 1. The Morgan fingerprint density at radius 1 is 1.08 bits per heavy atom. The summed E-state index contributed by atoms with van der Waals surface area (Å²) in [5.41, 5.74) is 8.40. The normalized spacial score (nSPS) is 11.8. The highest BCUT2D eigenvalue weighted by molar-refractivity contribution is 5.97. The van der Waals surface area contributed by atoms with Gasteiger partial charge in [0, 0.05) is 25.6 Å². The Morgan fingerprint density at radius 3 is 2.67 bits per heavy atom. The van der Waals surface area contributed by atoms with E-state index in [0.717, 1.165) is 5.56 Å². The molecule has 0 saturated heterocycles. The van der Waals surface area contributed by atoms with Crippen molar-refractivity contribution in [3.8, 4) is 17.5 Å². The number of para-hydroxylation sites is 1. The number of carbonyl (C=O) groups excluding carboxylic acids is 1. The molecule has 0 aliphatic rings. The Hall–Kier alpha value is -5.70. The first-order chi connectivity index (χ1) is 18.9. The average Bonchev–Trinajstić information content (AvgIpc) is 3.63. The quantitative estimate of drug-likeness (QED) is 0.339. The van der Waals surface area contributed by atoms with Crippen molar-refractivity contribution >= 4 is 22.9 Å². The lowest BCUT2D eigenvalue weighted by Crippen LogP contribution is -2.35. The van der Waals surface area contributed by atoms with Gasteiger partial charge in [0.1, 0.15) is 5.52 Å². The minimum atomic E-state index is -0.698. The summed E-state index contributed by atoms with van der Waals surface area (Å²) in [6.45, 7) is 1.74. The zero-order valence-corrected chi connectivity index (χ0v) is 21.0. The number of hydrogen-bond donors (Lipinski definition) is 2. The SMILES string of the molecule is C[C@@H](NC(=O)c1c(N)nc2cccnn12)c1nn2ccc(C#Cc3cnn(C)c3)c2c(=O)n1-c1ccccc1. The number of nitrogen functional groups attached to an aromatic ring is 1. The van der Waals surface area contributed by atoms with E-state index in [-0.39, 0.29) is 17.1 Å². The molecule has 0 aliphatic carbocycles. The van der Waals surface area contributed by atoms with Gasteiger partial charge in [-0.15, -0.1) is 0 Å². The Labute approximate surface area is 221 Å². The van der Waals surface area contributed by atoms with Gasteiger partial charge >= 0.3 is 0 Å². The van der Waals surface area contributed by atoms with E-state index >= 15 is 0 Å². The van der Waals surface area contributed by atoms with E-state index in [2.05, 4.69) is 32.3 Å². The number of amides is 1. The molecule has 3 N–H and O–H groups in total. The van der Waals surface area contributed by atoms with E-state index in [4.69, 9.17) is 10.8 Å². The number of hydrogen-bond acceptors (Lipinski definition) is 7. The van der Waals surface area contributed by atoms with Gasteiger partial charge in [0.05, 0.1) is 29.1 Å². The van der Waals surface area contributed by atoms with Crippen molar-refractivity contribution in [1.82, 2.24) is 43.9 Å². The lowest BCUT2D eigenvalue weighted by Gasteiger charge is -2.19. The third-order valence-electron chi connectivity index (χ3n) is 6.14. The van der Waals surface area contributed by atoms with Gasteiger partial charge in [-0.25, -0.2) is 14.0 Å². The molecule has 1 aromatic carbocycles. The molecule has 6 aromatic rings. The molecule has 0 bridgehead atoms. The van der Waals surface area contributed by atoms with Gasteiger partial charge in [-0.1, -0.05) is 30.0 Å². The van der Waals surface area contributed by atoms with Gasteiger partial charge in [0.15, 0.2) is 23.0 Å². The molecule has 5 heterocycles. The minimum absolute atomic E-state index is 0.0458. The lowest BCUT2D eigenvalue weighted by molar-refractivity contribution is 0.0931. The summed E-state index contributed by atoms with van der Waals surface area (Å²) < 4.78 is 5.99. The van der Waals surface area contributed by atoms with Crippen LogP contribution in [0.5, 0.6) is 0 Å². The van der Waals surface area contributed by atoms with Crippen LogP contribution >= 0.6 is 0 Å². The van der Waals surface area contributed by atoms with Crippen molar-refractivity contribution in [2.45, 2.75) is 13.0 Å². The van der Waals surface area contributed by atoms with Crippen molar-refractivity contribution in [3.05, 3.63) is 106 Å². The largest absolute Gasteiger partial charge is 0.382 e. The van der Waals surface area contributed by atoms with Crippen molar-refractivity contribution < 1.29 is 4.79 Å². The average molecular weight is 519 g/mol. The zero-order chi connectivity index (χ0) is 27.1. The number of anilines is 1. The zero-order valence-electron chi connectivity index (χ0n) is 21.0. The number of nitrogens with zero attached hydrogens (tertiary/aromatic N) is 8. The molecule has 1 amide bonds. The maximum atomic E-state index is 14.0. The molecule has 12 nitrogen and oxygen atoms in total. The van der Waals surface area contributed by atoms with E-state index < -0.39 is 11.9 Å². The van der Waals surface area contributed by atoms with Crippen LogP contribution in [0.1, 0.15) is 40.4 Å². The van der Waals surface area contributed by atoms with E-state index in [1.165, 1.54) is 19.8 Å². The number of aryl methyl sites for hydroxylation is 1. The summed E-state index contributed by atoms with van der Waals surface area (Å²) in [4.78, 5) is 31.5. The van der Waals surface area contributed by atoms with E-state index in [9.17, 15) is 9.59 Å². The van der Waals surface area contributed by atoms with Crippen molar-refractivity contribution in [3.63, 3.8) is 0 Å². The highest BCUT2D eigenvalue weighted by Crippen LogP contribution is 2.19. The van der Waals surface area contributed by atoms with Crippen molar-refractivity contribution in [1.29, 1.82) is 0 Å². The summed E-state index contributed by atoms with van der Waals surface area (Å²) >= 11 is 0. The number of benzene rings is 1. The topological polar surface area (TPSA) is 142 Å². The molecule has 6 rings (SSSR count). The second kappa shape index (κ2) is 9.31. The smallest absolute Gasteiger partial charge is 0.283 e. The number of nitrogens with one attached hydrogen (secondary N) is 1. The van der Waals surface area contributed by atoms with E-state index in [0.29, 0.717) is 28.2 Å². The van der Waals surface area contributed by atoms with Crippen LogP contribution in [0.2, 0.25) is 0 Å². The van der Waals surface area contributed by atoms with Gasteiger partial charge in [-0.2, -0.15) is 15.3 Å². The monoisotopic (exact) mass is 518 g/mol. The second-order valence-electron chi connectivity index (χ2n) is 8.84. The van der Waals surface area contributed by atoms with Crippen LogP contribution in [0.15, 0.2) is 78.1 Å². The molecule has 39 heavy (non-hydrogen) atoms. The number of carbonyl (C=O) groups is 1. The highest BCUT2D eigenvalue weighted by atomic mass is 16.2. The molecule has 0 aliphatic heterocycles.